The number of nitrogens with zero attached hydrogens (tertiary/aromatic N) is 10. The van der Waals surface area contributed by atoms with Crippen LogP contribution in [0.5, 0.6) is 0 Å². The molecule has 4 aromatic heterocycles. The number of pyridine rings is 2. The molecular weight excluding hydrogens is 655 g/mol. The summed E-state index contributed by atoms with van der Waals surface area (Å²) in [5.74, 6) is 1.35. The smallest absolute Gasteiger partial charge is 0.290 e. The van der Waals surface area contributed by atoms with Gasteiger partial charge in [0.05, 0.1) is 41.1 Å². The summed E-state index contributed by atoms with van der Waals surface area (Å²) in [6.45, 7) is 8.00. The van der Waals surface area contributed by atoms with Crippen LogP contribution < -0.4 is 15.1 Å². The number of anilines is 2. The van der Waals surface area contributed by atoms with Crippen LogP contribution in [0, 0.1) is 0 Å². The van der Waals surface area contributed by atoms with Crippen LogP contribution in [-0.2, 0) is 4.79 Å². The Balaban J connectivity index is 0.000000178. The number of aldehydes is 1. The van der Waals surface area contributed by atoms with Crippen LogP contribution in [0.25, 0.3) is 28.6 Å². The summed E-state index contributed by atoms with van der Waals surface area (Å²) in [6.07, 6.45) is 18.3. The van der Waals surface area contributed by atoms with Gasteiger partial charge in [0.15, 0.2) is 6.29 Å². The lowest BCUT2D eigenvalue weighted by Gasteiger charge is -2.21. The topological polar surface area (TPSA) is 154 Å². The van der Waals surface area contributed by atoms with Crippen LogP contribution in [0.4, 0.5) is 16.4 Å². The molecule has 0 aromatic carbocycles. The molecule has 15 heteroatoms. The summed E-state index contributed by atoms with van der Waals surface area (Å²) < 4.78 is 0. The lowest BCUT2D eigenvalue weighted by molar-refractivity contribution is -0.115. The third kappa shape index (κ3) is 9.11. The fourth-order valence-electron chi connectivity index (χ4n) is 5.76. The van der Waals surface area contributed by atoms with Gasteiger partial charge in [-0.15, -0.1) is 0 Å². The molecule has 3 fully saturated rings. The Bertz CT molecular complexity index is 1870. The number of amides is 2. The average molecular weight is 694 g/mol. The highest BCUT2D eigenvalue weighted by Crippen LogP contribution is 2.27. The first-order valence-electron chi connectivity index (χ1n) is 16.5. The summed E-state index contributed by atoms with van der Waals surface area (Å²) in [7, 11) is 4.27. The Morgan fingerprint density at radius 2 is 1.16 bits per heavy atom. The van der Waals surface area contributed by atoms with E-state index < -0.39 is 0 Å². The lowest BCUT2D eigenvalue weighted by atomic mass is 10.1. The maximum absolute atomic E-state index is 11.7. The van der Waals surface area contributed by atoms with Gasteiger partial charge in [-0.2, -0.15) is 0 Å². The molecule has 3 aliphatic rings. The van der Waals surface area contributed by atoms with E-state index in [4.69, 9.17) is 9.97 Å². The number of aromatic nitrogens is 6. The van der Waals surface area contributed by atoms with Crippen molar-refractivity contribution < 1.29 is 14.4 Å². The summed E-state index contributed by atoms with van der Waals surface area (Å²) in [4.78, 5) is 70.0. The first-order valence-corrected chi connectivity index (χ1v) is 17.3. The summed E-state index contributed by atoms with van der Waals surface area (Å²) in [5, 5.41) is 1.89. The first-order chi connectivity index (χ1) is 24.3. The predicted octanol–water partition coefficient (Wildman–Crippen LogP) is 3.50. The quantitative estimate of drug-likeness (QED) is 0.232. The van der Waals surface area contributed by atoms with E-state index in [2.05, 4.69) is 58.9 Å². The van der Waals surface area contributed by atoms with Crippen molar-refractivity contribution in [3.8, 4) is 22.5 Å². The minimum atomic E-state index is -0.381. The summed E-state index contributed by atoms with van der Waals surface area (Å²) >= 11 is 0.889. The minimum absolute atomic E-state index is 0.359. The number of rotatable bonds is 6. The molecule has 0 unspecified atom stereocenters. The van der Waals surface area contributed by atoms with E-state index in [1.165, 1.54) is 0 Å². The van der Waals surface area contributed by atoms with Crippen molar-refractivity contribution in [2.75, 3.05) is 76.3 Å². The monoisotopic (exact) mass is 693 g/mol. The van der Waals surface area contributed by atoms with Crippen LogP contribution in [-0.4, -0.2) is 124 Å². The van der Waals surface area contributed by atoms with Gasteiger partial charge in [0.2, 0.25) is 0 Å². The van der Waals surface area contributed by atoms with Gasteiger partial charge in [0.25, 0.3) is 11.1 Å². The number of carbonyl (C=O) groups is 3. The van der Waals surface area contributed by atoms with E-state index in [1.807, 2.05) is 6.07 Å². The molecule has 50 heavy (non-hydrogen) atoms. The fourth-order valence-corrected chi connectivity index (χ4v) is 6.44. The van der Waals surface area contributed by atoms with Crippen molar-refractivity contribution in [1.82, 2.24) is 45.0 Å². The minimum Gasteiger partial charge on any atom is -0.354 e. The highest BCUT2D eigenvalue weighted by Gasteiger charge is 2.25. The molecule has 2 amide bonds. The molecule has 7 heterocycles. The molecule has 14 nitrogen and oxygen atoms in total. The third-order valence-electron chi connectivity index (χ3n) is 8.52. The summed E-state index contributed by atoms with van der Waals surface area (Å²) in [6, 6.07) is 3.67. The second-order valence-corrected chi connectivity index (χ2v) is 13.3. The van der Waals surface area contributed by atoms with Gasteiger partial charge in [0, 0.05) is 80.7 Å². The maximum atomic E-state index is 11.7. The van der Waals surface area contributed by atoms with Gasteiger partial charge in [0.1, 0.15) is 11.6 Å². The van der Waals surface area contributed by atoms with Crippen molar-refractivity contribution >= 4 is 46.9 Å². The van der Waals surface area contributed by atoms with Gasteiger partial charge < -0.3 is 19.6 Å². The number of hydrogen-bond donors (Lipinski definition) is 1. The van der Waals surface area contributed by atoms with E-state index >= 15 is 0 Å². The Hall–Kier alpha value is -5.12. The van der Waals surface area contributed by atoms with Crippen LogP contribution in [0.3, 0.4) is 0 Å². The largest absolute Gasteiger partial charge is 0.354 e. The molecule has 7 rings (SSSR count). The van der Waals surface area contributed by atoms with Gasteiger partial charge >= 0.3 is 0 Å². The van der Waals surface area contributed by atoms with Crippen LogP contribution in [0.2, 0.25) is 0 Å². The molecule has 1 N–H and O–H groups in total. The van der Waals surface area contributed by atoms with Gasteiger partial charge in [-0.25, -0.2) is 9.97 Å². The number of thioether (sulfide) groups is 1. The predicted molar refractivity (Wildman–Crippen MR) is 194 cm³/mol. The van der Waals surface area contributed by atoms with Crippen molar-refractivity contribution in [2.45, 2.75) is 12.8 Å². The Labute approximate surface area is 295 Å². The molecule has 3 saturated heterocycles. The number of imide groups is 1. The number of carbonyl (C=O) groups excluding carboxylic acids is 3. The Kier molecular flexibility index (Phi) is 11.5. The number of likely N-dealkylation sites (N-methyl/N-ethyl adjacent to an activating group) is 2. The van der Waals surface area contributed by atoms with Crippen molar-refractivity contribution in [1.29, 1.82) is 0 Å². The van der Waals surface area contributed by atoms with Gasteiger partial charge in [-0.05, 0) is 75.6 Å². The average Bonchev–Trinajstić information content (AvgIpc) is 3.30. The molecule has 0 bridgehead atoms. The Morgan fingerprint density at radius 3 is 1.68 bits per heavy atom. The third-order valence-corrected chi connectivity index (χ3v) is 9.33. The zero-order valence-electron chi connectivity index (χ0n) is 28.1. The standard InChI is InChI=1S/C19H20N6O2S.C16H19N5O/c1-24-3-2-4-25(6-5-24)17-12-21-11-15(22-17)14-7-13(9-20-10-14)8-16-18(26)23-19(27)28-16;1-20-3-2-4-21(6-5-20)16-11-18-10-15(19-16)14-7-13(12-22)8-17-9-14/h7-12H,2-6H2,1H3,(H,23,26,27);7-12H,2-6H2,1H3/b16-8-;. The second-order valence-electron chi connectivity index (χ2n) is 12.3. The van der Waals surface area contributed by atoms with E-state index in [9.17, 15) is 14.4 Å². The first kappa shape index (κ1) is 34.7. The molecule has 0 spiro atoms. The molecule has 258 valence electrons. The second kappa shape index (κ2) is 16.5. The molecule has 0 atom stereocenters. The maximum Gasteiger partial charge on any atom is 0.290 e. The molecule has 4 aromatic rings. The Morgan fingerprint density at radius 1 is 0.640 bits per heavy atom. The van der Waals surface area contributed by atoms with E-state index in [-0.39, 0.29) is 11.1 Å². The molecular formula is C35H39N11O3S. The highest BCUT2D eigenvalue weighted by atomic mass is 32.2. The number of nitrogens with one attached hydrogen (secondary N) is 1. The lowest BCUT2D eigenvalue weighted by Crippen LogP contribution is -2.29. The van der Waals surface area contributed by atoms with Gasteiger partial charge in [-0.3, -0.25) is 39.6 Å². The van der Waals surface area contributed by atoms with Crippen LogP contribution in [0.1, 0.15) is 28.8 Å². The SMILES string of the molecule is CN1CCCN(c2cncc(-c3cncc(/C=C4\SC(=O)NC4=O)c3)n2)CC1.CN1CCCN(c2cncc(-c3cncc(C=O)c3)n2)CC1. The van der Waals surface area contributed by atoms with Crippen molar-refractivity contribution in [2.24, 2.45) is 0 Å². The van der Waals surface area contributed by atoms with Crippen molar-refractivity contribution in [3.05, 3.63) is 77.7 Å². The summed E-state index contributed by atoms with van der Waals surface area (Å²) in [5.41, 5.74) is 4.36. The van der Waals surface area contributed by atoms with E-state index in [0.717, 1.165) is 123 Å². The molecule has 0 radical (unpaired) electrons. The van der Waals surface area contributed by atoms with E-state index in [0.29, 0.717) is 10.5 Å². The van der Waals surface area contributed by atoms with E-state index in [1.54, 1.807) is 61.7 Å². The van der Waals surface area contributed by atoms with Gasteiger partial charge in [-0.1, -0.05) is 0 Å². The van der Waals surface area contributed by atoms with Crippen LogP contribution in [0.15, 0.2) is 66.6 Å². The zero-order chi connectivity index (χ0) is 34.9. The van der Waals surface area contributed by atoms with Crippen molar-refractivity contribution in [3.63, 3.8) is 0 Å². The highest BCUT2D eigenvalue weighted by molar-refractivity contribution is 8.18. The fraction of sp³-hybridized carbons (Fsp3) is 0.343. The number of hydrogen-bond acceptors (Lipinski definition) is 14. The molecule has 0 saturated carbocycles. The molecule has 0 aliphatic carbocycles. The zero-order valence-corrected chi connectivity index (χ0v) is 28.9. The van der Waals surface area contributed by atoms with Crippen LogP contribution >= 0.6 is 11.8 Å². The molecule has 3 aliphatic heterocycles. The normalized spacial score (nSPS) is 18.2.